The smallest absolute Gasteiger partial charge is 0.248 e. The zero-order valence-electron chi connectivity index (χ0n) is 14.4. The second-order valence-electron chi connectivity index (χ2n) is 5.18. The van der Waals surface area contributed by atoms with E-state index in [9.17, 15) is 4.79 Å². The van der Waals surface area contributed by atoms with Crippen molar-refractivity contribution in [3.05, 3.63) is 51.5 Å². The molecule has 0 saturated heterocycles. The van der Waals surface area contributed by atoms with Gasteiger partial charge in [-0.05, 0) is 31.0 Å². The first kappa shape index (κ1) is 21.4. The van der Waals surface area contributed by atoms with Crippen molar-refractivity contribution in [2.45, 2.75) is 33.4 Å². The van der Waals surface area contributed by atoms with Gasteiger partial charge in [0.2, 0.25) is 5.91 Å². The molecule has 0 bridgehead atoms. The molecule has 0 aliphatic rings. The Morgan fingerprint density at radius 3 is 2.52 bits per heavy atom. The van der Waals surface area contributed by atoms with Gasteiger partial charge in [-0.1, -0.05) is 19.1 Å². The highest BCUT2D eigenvalue weighted by Crippen LogP contribution is 2.12. The van der Waals surface area contributed by atoms with Crippen LogP contribution in [-0.4, -0.2) is 23.4 Å². The summed E-state index contributed by atoms with van der Waals surface area (Å²) in [6.45, 7) is 6.10. The van der Waals surface area contributed by atoms with E-state index in [1.807, 2.05) is 25.3 Å². The highest BCUT2D eigenvalue weighted by molar-refractivity contribution is 14.0. The lowest BCUT2D eigenvalue weighted by atomic mass is 10.1. The number of nitrogens with two attached hydrogens (primary N) is 1. The van der Waals surface area contributed by atoms with Crippen molar-refractivity contribution < 1.29 is 4.79 Å². The Balaban J connectivity index is 0.00000312. The van der Waals surface area contributed by atoms with Gasteiger partial charge in [-0.15, -0.1) is 35.3 Å². The fourth-order valence-electron chi connectivity index (χ4n) is 2.04. The van der Waals surface area contributed by atoms with Crippen molar-refractivity contribution in [1.82, 2.24) is 15.6 Å². The number of primary amides is 1. The van der Waals surface area contributed by atoms with E-state index in [1.54, 1.807) is 23.5 Å². The number of thiazole rings is 1. The summed E-state index contributed by atoms with van der Waals surface area (Å²) in [4.78, 5) is 21.3. The number of nitrogens with zero attached hydrogens (tertiary/aromatic N) is 2. The van der Waals surface area contributed by atoms with E-state index in [4.69, 9.17) is 5.73 Å². The number of guanidine groups is 1. The van der Waals surface area contributed by atoms with Gasteiger partial charge in [-0.25, -0.2) is 9.98 Å². The van der Waals surface area contributed by atoms with E-state index in [1.165, 1.54) is 4.88 Å². The molecular weight excluding hydrogens is 449 g/mol. The minimum absolute atomic E-state index is 0. The Kier molecular flexibility index (Phi) is 9.43. The molecule has 0 unspecified atom stereocenters. The maximum atomic E-state index is 11.1. The van der Waals surface area contributed by atoms with Crippen LogP contribution in [0, 0.1) is 0 Å². The average Bonchev–Trinajstić information content (AvgIpc) is 3.06. The van der Waals surface area contributed by atoms with Crippen molar-refractivity contribution in [2.75, 3.05) is 6.54 Å². The van der Waals surface area contributed by atoms with Crippen LogP contribution in [-0.2, 0) is 19.5 Å². The molecule has 1 aromatic carbocycles. The number of nitrogens with one attached hydrogen (secondary N) is 2. The summed E-state index contributed by atoms with van der Waals surface area (Å²) >= 11 is 1.71. The summed E-state index contributed by atoms with van der Waals surface area (Å²) in [6.07, 6.45) is 2.93. The van der Waals surface area contributed by atoms with E-state index >= 15 is 0 Å². The second kappa shape index (κ2) is 11.0. The van der Waals surface area contributed by atoms with Gasteiger partial charge < -0.3 is 16.4 Å². The molecule has 2 aromatic rings. The standard InChI is InChI=1S/C17H23N5OS.HI/c1-3-14-10-20-15(24-14)11-22-17(19-4-2)21-9-12-5-7-13(8-6-12)16(18)23;/h5-8,10H,3-4,9,11H2,1-2H3,(H2,18,23)(H2,19,21,22);1H. The number of aryl methyl sites for hydroxylation is 1. The predicted octanol–water partition coefficient (Wildman–Crippen LogP) is 2.68. The topological polar surface area (TPSA) is 92.4 Å². The number of halogens is 1. The zero-order chi connectivity index (χ0) is 17.4. The zero-order valence-corrected chi connectivity index (χ0v) is 17.6. The van der Waals surface area contributed by atoms with E-state index in [-0.39, 0.29) is 24.0 Å². The predicted molar refractivity (Wildman–Crippen MR) is 114 cm³/mol. The molecule has 0 aliphatic carbocycles. The van der Waals surface area contributed by atoms with Gasteiger partial charge >= 0.3 is 0 Å². The van der Waals surface area contributed by atoms with E-state index in [0.717, 1.165) is 29.5 Å². The highest BCUT2D eigenvalue weighted by atomic mass is 127. The number of aromatic nitrogens is 1. The van der Waals surface area contributed by atoms with Gasteiger partial charge in [-0.3, -0.25) is 4.79 Å². The minimum Gasteiger partial charge on any atom is -0.366 e. The van der Waals surface area contributed by atoms with Crippen LogP contribution in [0.25, 0.3) is 0 Å². The lowest BCUT2D eigenvalue weighted by molar-refractivity contribution is 0.100. The molecule has 136 valence electrons. The molecule has 6 nitrogen and oxygen atoms in total. The van der Waals surface area contributed by atoms with E-state index in [0.29, 0.717) is 18.7 Å². The summed E-state index contributed by atoms with van der Waals surface area (Å²) in [7, 11) is 0. The minimum atomic E-state index is -0.421. The van der Waals surface area contributed by atoms with Gasteiger partial charge in [-0.2, -0.15) is 0 Å². The SMILES string of the molecule is CCNC(=NCc1ccc(C(N)=O)cc1)NCc1ncc(CC)s1.I. The molecule has 8 heteroatoms. The first-order valence-electron chi connectivity index (χ1n) is 7.96. The number of amides is 1. The van der Waals surface area contributed by atoms with E-state index < -0.39 is 5.91 Å². The molecule has 1 amide bonds. The number of rotatable bonds is 7. The Morgan fingerprint density at radius 2 is 1.96 bits per heavy atom. The number of carbonyl (C=O) groups is 1. The third-order valence-electron chi connectivity index (χ3n) is 3.36. The Labute approximate surface area is 169 Å². The van der Waals surface area contributed by atoms with Crippen molar-refractivity contribution in [1.29, 1.82) is 0 Å². The number of benzene rings is 1. The summed E-state index contributed by atoms with van der Waals surface area (Å²) in [5, 5.41) is 7.55. The molecular formula is C17H24IN5OS. The van der Waals surface area contributed by atoms with Crippen LogP contribution in [0.15, 0.2) is 35.5 Å². The Morgan fingerprint density at radius 1 is 1.24 bits per heavy atom. The second-order valence-corrected chi connectivity index (χ2v) is 6.38. The van der Waals surface area contributed by atoms with Gasteiger partial charge in [0.15, 0.2) is 5.96 Å². The fraction of sp³-hybridized carbons (Fsp3) is 0.353. The van der Waals surface area contributed by atoms with Crippen LogP contribution in [0.2, 0.25) is 0 Å². The fourth-order valence-corrected chi connectivity index (χ4v) is 2.84. The van der Waals surface area contributed by atoms with Gasteiger partial charge in [0.05, 0.1) is 13.1 Å². The molecule has 25 heavy (non-hydrogen) atoms. The number of carbonyl (C=O) groups excluding carboxylic acids is 1. The molecule has 1 heterocycles. The van der Waals surface area contributed by atoms with Crippen molar-refractivity contribution >= 4 is 47.2 Å². The summed E-state index contributed by atoms with van der Waals surface area (Å²) in [5.41, 5.74) is 6.76. The normalized spacial score (nSPS) is 10.9. The van der Waals surface area contributed by atoms with Crippen molar-refractivity contribution in [2.24, 2.45) is 10.7 Å². The van der Waals surface area contributed by atoms with Gasteiger partial charge in [0.1, 0.15) is 5.01 Å². The van der Waals surface area contributed by atoms with Gasteiger partial charge in [0, 0.05) is 23.2 Å². The maximum absolute atomic E-state index is 11.1. The van der Waals surface area contributed by atoms with E-state index in [2.05, 4.69) is 27.5 Å². The van der Waals surface area contributed by atoms with Crippen LogP contribution in [0.3, 0.4) is 0 Å². The lowest BCUT2D eigenvalue weighted by Crippen LogP contribution is -2.36. The Bertz CT molecular complexity index is 699. The summed E-state index contributed by atoms with van der Waals surface area (Å²) < 4.78 is 0. The first-order valence-corrected chi connectivity index (χ1v) is 8.78. The van der Waals surface area contributed by atoms with Crippen LogP contribution < -0.4 is 16.4 Å². The molecule has 1 aromatic heterocycles. The molecule has 2 rings (SSSR count). The number of hydrogen-bond acceptors (Lipinski definition) is 4. The van der Waals surface area contributed by atoms with Crippen LogP contribution in [0.4, 0.5) is 0 Å². The van der Waals surface area contributed by atoms with Crippen LogP contribution >= 0.6 is 35.3 Å². The maximum Gasteiger partial charge on any atom is 0.248 e. The highest BCUT2D eigenvalue weighted by Gasteiger charge is 2.03. The first-order chi connectivity index (χ1) is 11.6. The van der Waals surface area contributed by atoms with Crippen molar-refractivity contribution in [3.8, 4) is 0 Å². The average molecular weight is 473 g/mol. The van der Waals surface area contributed by atoms with Crippen molar-refractivity contribution in [3.63, 3.8) is 0 Å². The molecule has 0 saturated carbocycles. The molecule has 0 fully saturated rings. The summed E-state index contributed by atoms with van der Waals surface area (Å²) in [6, 6.07) is 7.16. The number of aliphatic imine (C=N–C) groups is 1. The number of hydrogen-bond donors (Lipinski definition) is 3. The van der Waals surface area contributed by atoms with Crippen LogP contribution in [0.5, 0.6) is 0 Å². The quantitative estimate of drug-likeness (QED) is 0.328. The molecule has 4 N–H and O–H groups in total. The summed E-state index contributed by atoms with van der Waals surface area (Å²) in [5.74, 6) is 0.319. The largest absolute Gasteiger partial charge is 0.366 e. The lowest BCUT2D eigenvalue weighted by Gasteiger charge is -2.10. The molecule has 0 spiro atoms. The molecule has 0 aliphatic heterocycles. The third-order valence-corrected chi connectivity index (χ3v) is 4.50. The monoisotopic (exact) mass is 473 g/mol. The third kappa shape index (κ3) is 6.99. The van der Waals surface area contributed by atoms with Crippen LogP contribution in [0.1, 0.15) is 39.7 Å². The molecule has 0 radical (unpaired) electrons. The van der Waals surface area contributed by atoms with Gasteiger partial charge in [0.25, 0.3) is 0 Å². The Hall–Kier alpha value is -1.68. The molecule has 0 atom stereocenters.